The average molecular weight is 412 g/mol. The number of ether oxygens (including phenoxy) is 1. The first kappa shape index (κ1) is 19.5. The molecule has 0 aromatic carbocycles. The molecule has 8 nitrogen and oxygen atoms in total. The molecule has 0 spiro atoms. The zero-order valence-corrected chi connectivity index (χ0v) is 17.6. The van der Waals surface area contributed by atoms with E-state index in [9.17, 15) is 9.59 Å². The van der Waals surface area contributed by atoms with Crippen molar-refractivity contribution in [3.8, 4) is 0 Å². The monoisotopic (exact) mass is 411 g/mol. The van der Waals surface area contributed by atoms with Crippen molar-refractivity contribution in [3.05, 3.63) is 23.1 Å². The van der Waals surface area contributed by atoms with Gasteiger partial charge in [-0.05, 0) is 38.7 Å². The number of aryl methyl sites for hydroxylation is 3. The highest BCUT2D eigenvalue weighted by molar-refractivity contribution is 6.04. The van der Waals surface area contributed by atoms with Crippen molar-refractivity contribution >= 4 is 23.0 Å². The van der Waals surface area contributed by atoms with Crippen LogP contribution in [0, 0.1) is 6.92 Å². The Morgan fingerprint density at radius 1 is 1.00 bits per heavy atom. The van der Waals surface area contributed by atoms with Gasteiger partial charge in [0.05, 0.1) is 5.56 Å². The van der Waals surface area contributed by atoms with Gasteiger partial charge in [0.15, 0.2) is 5.65 Å². The molecule has 0 N–H and O–H groups in total. The lowest BCUT2D eigenvalue weighted by molar-refractivity contribution is -0.142. The molecule has 2 saturated heterocycles. The average Bonchev–Trinajstić information content (AvgIpc) is 3.35. The molecular weight excluding hydrogens is 382 g/mol. The molecule has 0 radical (unpaired) electrons. The molecule has 1 atom stereocenters. The Morgan fingerprint density at radius 2 is 1.80 bits per heavy atom. The first-order valence-electron chi connectivity index (χ1n) is 11.2. The van der Waals surface area contributed by atoms with Crippen LogP contribution in [0.25, 0.3) is 11.2 Å². The smallest absolute Gasteiger partial charge is 0.256 e. The van der Waals surface area contributed by atoms with Gasteiger partial charge in [0.2, 0.25) is 0 Å². The van der Waals surface area contributed by atoms with Crippen LogP contribution in [0.4, 0.5) is 0 Å². The van der Waals surface area contributed by atoms with Gasteiger partial charge in [0.25, 0.3) is 11.8 Å². The first-order chi connectivity index (χ1) is 14.6. The summed E-state index contributed by atoms with van der Waals surface area (Å²) in [5.74, 6) is 1.10. The Bertz CT molecular complexity index is 971. The second-order valence-corrected chi connectivity index (χ2v) is 8.59. The normalized spacial score (nSPS) is 22.2. The number of imidazole rings is 1. The highest BCUT2D eigenvalue weighted by Gasteiger charge is 2.32. The third kappa shape index (κ3) is 3.47. The Morgan fingerprint density at radius 3 is 2.57 bits per heavy atom. The van der Waals surface area contributed by atoms with E-state index in [2.05, 4.69) is 4.57 Å². The van der Waals surface area contributed by atoms with Crippen LogP contribution in [0.1, 0.15) is 54.0 Å². The maximum absolute atomic E-state index is 13.4. The van der Waals surface area contributed by atoms with Crippen LogP contribution in [-0.2, 0) is 22.5 Å². The van der Waals surface area contributed by atoms with E-state index in [0.29, 0.717) is 38.3 Å². The van der Waals surface area contributed by atoms with E-state index in [4.69, 9.17) is 14.7 Å². The molecule has 5 rings (SSSR count). The van der Waals surface area contributed by atoms with Gasteiger partial charge in [-0.25, -0.2) is 9.97 Å². The number of nitrogens with zero attached hydrogens (tertiary/aromatic N) is 5. The zero-order chi connectivity index (χ0) is 20.7. The molecule has 0 aliphatic carbocycles. The zero-order valence-electron chi connectivity index (χ0n) is 17.6. The number of hydrogen-bond donors (Lipinski definition) is 0. The maximum Gasteiger partial charge on any atom is 0.256 e. The van der Waals surface area contributed by atoms with Crippen LogP contribution in [0.15, 0.2) is 6.07 Å². The molecule has 0 saturated carbocycles. The molecule has 2 amide bonds. The molecule has 0 bridgehead atoms. The fraction of sp³-hybridized carbons (Fsp3) is 0.636. The topological polar surface area (TPSA) is 80.6 Å². The fourth-order valence-corrected chi connectivity index (χ4v) is 4.86. The van der Waals surface area contributed by atoms with Crippen LogP contribution in [-0.4, -0.2) is 75.0 Å². The van der Waals surface area contributed by atoms with Gasteiger partial charge >= 0.3 is 0 Å². The third-order valence-electron chi connectivity index (χ3n) is 6.51. The molecule has 2 aromatic rings. The number of aromatic nitrogens is 3. The van der Waals surface area contributed by atoms with Gasteiger partial charge in [0, 0.05) is 51.4 Å². The van der Waals surface area contributed by atoms with Crippen molar-refractivity contribution in [1.29, 1.82) is 0 Å². The Hall–Kier alpha value is -2.48. The standard InChI is InChI=1S/C22H29N5O3/c1-15-14-16(19-20(23-15)27-8-4-2-3-7-18(27)24-19)21(28)25-9-11-26(12-10-25)22(29)17-6-5-13-30-17/h14,17H,2-13H2,1H3. The third-order valence-corrected chi connectivity index (χ3v) is 6.51. The van der Waals surface area contributed by atoms with E-state index in [-0.39, 0.29) is 17.9 Å². The summed E-state index contributed by atoms with van der Waals surface area (Å²) in [5, 5.41) is 0. The molecule has 2 aromatic heterocycles. The molecule has 8 heteroatoms. The summed E-state index contributed by atoms with van der Waals surface area (Å²) in [7, 11) is 0. The van der Waals surface area contributed by atoms with Gasteiger partial charge in [-0.1, -0.05) is 6.42 Å². The summed E-state index contributed by atoms with van der Waals surface area (Å²) < 4.78 is 7.73. The van der Waals surface area contributed by atoms with Crippen molar-refractivity contribution in [2.45, 2.75) is 58.1 Å². The van der Waals surface area contributed by atoms with Gasteiger partial charge in [-0.2, -0.15) is 0 Å². The van der Waals surface area contributed by atoms with Gasteiger partial charge in [-0.3, -0.25) is 9.59 Å². The predicted molar refractivity (Wildman–Crippen MR) is 111 cm³/mol. The number of rotatable bonds is 2. The Kier molecular flexibility index (Phi) is 5.18. The number of fused-ring (bicyclic) bond motifs is 3. The van der Waals surface area contributed by atoms with Crippen molar-refractivity contribution in [3.63, 3.8) is 0 Å². The van der Waals surface area contributed by atoms with Gasteiger partial charge < -0.3 is 19.1 Å². The summed E-state index contributed by atoms with van der Waals surface area (Å²) in [5.41, 5.74) is 3.03. The minimum atomic E-state index is -0.296. The predicted octanol–water partition coefficient (Wildman–Crippen LogP) is 1.93. The van der Waals surface area contributed by atoms with Crippen LogP contribution < -0.4 is 0 Å². The molecule has 5 heterocycles. The van der Waals surface area contributed by atoms with E-state index >= 15 is 0 Å². The summed E-state index contributed by atoms with van der Waals surface area (Å²) >= 11 is 0. The number of hydrogen-bond acceptors (Lipinski definition) is 5. The number of piperazine rings is 1. The van der Waals surface area contributed by atoms with Crippen LogP contribution in [0.5, 0.6) is 0 Å². The molecule has 2 fully saturated rings. The molecule has 160 valence electrons. The van der Waals surface area contributed by atoms with Crippen LogP contribution in [0.3, 0.4) is 0 Å². The second-order valence-electron chi connectivity index (χ2n) is 8.59. The molecular formula is C22H29N5O3. The number of carbonyl (C=O) groups is 2. The van der Waals surface area contributed by atoms with E-state index in [1.165, 1.54) is 6.42 Å². The van der Waals surface area contributed by atoms with Gasteiger partial charge in [0.1, 0.15) is 17.4 Å². The minimum Gasteiger partial charge on any atom is -0.368 e. The Labute approximate surface area is 176 Å². The van der Waals surface area contributed by atoms with Gasteiger partial charge in [-0.15, -0.1) is 0 Å². The van der Waals surface area contributed by atoms with Crippen molar-refractivity contribution in [1.82, 2.24) is 24.3 Å². The molecule has 30 heavy (non-hydrogen) atoms. The summed E-state index contributed by atoms with van der Waals surface area (Å²) in [6, 6.07) is 1.86. The SMILES string of the molecule is Cc1cc(C(=O)N2CCN(C(=O)C3CCCO3)CC2)c2nc3n(c2n1)CCCCC3. The lowest BCUT2D eigenvalue weighted by Gasteiger charge is -2.35. The first-order valence-corrected chi connectivity index (χ1v) is 11.2. The van der Waals surface area contributed by atoms with E-state index in [1.807, 2.05) is 22.8 Å². The molecule has 1 unspecified atom stereocenters. The summed E-state index contributed by atoms with van der Waals surface area (Å²) in [6.45, 7) is 5.70. The van der Waals surface area contributed by atoms with Crippen molar-refractivity contribution in [2.24, 2.45) is 0 Å². The maximum atomic E-state index is 13.4. The van der Waals surface area contributed by atoms with Crippen molar-refractivity contribution in [2.75, 3.05) is 32.8 Å². The number of carbonyl (C=O) groups excluding carboxylic acids is 2. The van der Waals surface area contributed by atoms with Crippen molar-refractivity contribution < 1.29 is 14.3 Å². The second kappa shape index (κ2) is 7.98. The van der Waals surface area contributed by atoms with E-state index in [0.717, 1.165) is 61.3 Å². The summed E-state index contributed by atoms with van der Waals surface area (Å²) in [4.78, 5) is 39.2. The number of pyridine rings is 1. The van der Waals surface area contributed by atoms with Crippen LogP contribution in [0.2, 0.25) is 0 Å². The Balaban J connectivity index is 1.36. The summed E-state index contributed by atoms with van der Waals surface area (Å²) in [6.07, 6.45) is 5.85. The molecule has 3 aliphatic heterocycles. The molecule has 3 aliphatic rings. The fourth-order valence-electron chi connectivity index (χ4n) is 4.86. The van der Waals surface area contributed by atoms with E-state index < -0.39 is 0 Å². The lowest BCUT2D eigenvalue weighted by Crippen LogP contribution is -2.52. The minimum absolute atomic E-state index is 0.0111. The van der Waals surface area contributed by atoms with Crippen LogP contribution >= 0.6 is 0 Å². The number of amides is 2. The highest BCUT2D eigenvalue weighted by atomic mass is 16.5. The lowest BCUT2D eigenvalue weighted by atomic mass is 10.1. The quantitative estimate of drug-likeness (QED) is 0.754. The van der Waals surface area contributed by atoms with E-state index in [1.54, 1.807) is 0 Å². The highest BCUT2D eigenvalue weighted by Crippen LogP contribution is 2.25. The largest absolute Gasteiger partial charge is 0.368 e.